The first-order valence-corrected chi connectivity index (χ1v) is 11.7. The minimum absolute atomic E-state index is 0.0717. The molecular formula is C31H25FN2O3. The van der Waals surface area contributed by atoms with Gasteiger partial charge in [-0.3, -0.25) is 4.79 Å². The van der Waals surface area contributed by atoms with Gasteiger partial charge in [0.05, 0.1) is 0 Å². The molecule has 0 atom stereocenters. The predicted molar refractivity (Wildman–Crippen MR) is 141 cm³/mol. The monoisotopic (exact) mass is 492 g/mol. The fourth-order valence-corrected chi connectivity index (χ4v) is 3.46. The number of para-hydroxylation sites is 1. The Balaban J connectivity index is 1.38. The predicted octanol–water partition coefficient (Wildman–Crippen LogP) is 6.84. The Morgan fingerprint density at radius 2 is 1.49 bits per heavy atom. The lowest BCUT2D eigenvalue weighted by atomic mass is 10.1. The zero-order valence-corrected chi connectivity index (χ0v) is 20.3. The number of halogens is 1. The summed E-state index contributed by atoms with van der Waals surface area (Å²) < 4.78 is 24.8. The van der Waals surface area contributed by atoms with E-state index in [9.17, 15) is 14.4 Å². The first-order valence-electron chi connectivity index (χ1n) is 11.7. The molecule has 0 aliphatic rings. The Hall–Kier alpha value is -4.89. The van der Waals surface area contributed by atoms with E-state index in [-0.39, 0.29) is 18.0 Å². The lowest BCUT2D eigenvalue weighted by molar-refractivity contribution is -0.112. The number of nitriles is 1. The molecule has 4 aromatic carbocycles. The van der Waals surface area contributed by atoms with Gasteiger partial charge >= 0.3 is 0 Å². The van der Waals surface area contributed by atoms with Crippen molar-refractivity contribution in [3.8, 4) is 17.6 Å². The third-order valence-corrected chi connectivity index (χ3v) is 5.53. The molecular weight excluding hydrogens is 467 g/mol. The van der Waals surface area contributed by atoms with E-state index in [0.717, 1.165) is 11.1 Å². The summed E-state index contributed by atoms with van der Waals surface area (Å²) in [5.74, 6) is 0.314. The van der Waals surface area contributed by atoms with Gasteiger partial charge in [0.1, 0.15) is 42.2 Å². The van der Waals surface area contributed by atoms with Gasteiger partial charge in [-0.2, -0.15) is 5.26 Å². The van der Waals surface area contributed by atoms with Crippen molar-refractivity contribution in [2.24, 2.45) is 0 Å². The highest BCUT2D eigenvalue weighted by Crippen LogP contribution is 2.23. The molecule has 5 nitrogen and oxygen atoms in total. The number of anilines is 1. The normalized spacial score (nSPS) is 10.9. The molecule has 184 valence electrons. The molecule has 0 fully saturated rings. The number of nitrogens with one attached hydrogen (secondary N) is 1. The number of hydrogen-bond acceptors (Lipinski definition) is 4. The van der Waals surface area contributed by atoms with Gasteiger partial charge < -0.3 is 14.8 Å². The first kappa shape index (κ1) is 25.2. The number of carbonyl (C=O) groups is 1. The largest absolute Gasteiger partial charge is 0.489 e. The topological polar surface area (TPSA) is 71.3 Å². The van der Waals surface area contributed by atoms with Crippen LogP contribution < -0.4 is 14.8 Å². The number of ether oxygens (including phenoxy) is 2. The molecule has 0 saturated heterocycles. The van der Waals surface area contributed by atoms with Gasteiger partial charge in [0.15, 0.2) is 0 Å². The van der Waals surface area contributed by atoms with E-state index in [4.69, 9.17) is 9.47 Å². The molecule has 1 N–H and O–H groups in total. The lowest BCUT2D eigenvalue weighted by Gasteiger charge is -2.10. The molecule has 0 radical (unpaired) electrons. The second-order valence-electron chi connectivity index (χ2n) is 8.38. The number of hydrogen-bond donors (Lipinski definition) is 1. The Labute approximate surface area is 215 Å². The van der Waals surface area contributed by atoms with Crippen molar-refractivity contribution in [2.75, 3.05) is 5.32 Å². The second-order valence-corrected chi connectivity index (χ2v) is 8.38. The summed E-state index contributed by atoms with van der Waals surface area (Å²) in [4.78, 5) is 12.8. The van der Waals surface area contributed by atoms with Gasteiger partial charge in [-0.1, -0.05) is 60.2 Å². The zero-order chi connectivity index (χ0) is 26.0. The molecule has 4 rings (SSSR count). The van der Waals surface area contributed by atoms with E-state index in [1.807, 2.05) is 37.3 Å². The molecule has 0 spiro atoms. The molecule has 0 heterocycles. The van der Waals surface area contributed by atoms with Crippen molar-refractivity contribution < 1.29 is 18.7 Å². The van der Waals surface area contributed by atoms with Crippen molar-refractivity contribution in [1.82, 2.24) is 0 Å². The van der Waals surface area contributed by atoms with Crippen LogP contribution in [-0.4, -0.2) is 5.91 Å². The number of aryl methyl sites for hydroxylation is 1. The van der Waals surface area contributed by atoms with E-state index < -0.39 is 5.91 Å². The van der Waals surface area contributed by atoms with Crippen molar-refractivity contribution in [1.29, 1.82) is 5.26 Å². The molecule has 1 amide bonds. The summed E-state index contributed by atoms with van der Waals surface area (Å²) in [7, 11) is 0. The van der Waals surface area contributed by atoms with Crippen molar-refractivity contribution in [3.05, 3.63) is 131 Å². The van der Waals surface area contributed by atoms with E-state index in [1.165, 1.54) is 23.8 Å². The van der Waals surface area contributed by atoms with Crippen LogP contribution in [0.15, 0.2) is 103 Å². The highest BCUT2D eigenvalue weighted by Gasteiger charge is 2.12. The summed E-state index contributed by atoms with van der Waals surface area (Å²) in [6, 6.07) is 30.1. The highest BCUT2D eigenvalue weighted by atomic mass is 19.1. The van der Waals surface area contributed by atoms with Crippen LogP contribution in [0.5, 0.6) is 11.5 Å². The van der Waals surface area contributed by atoms with Gasteiger partial charge in [-0.05, 0) is 66.6 Å². The van der Waals surface area contributed by atoms with Crippen LogP contribution in [0, 0.1) is 24.1 Å². The molecule has 37 heavy (non-hydrogen) atoms. The average Bonchev–Trinajstić information content (AvgIpc) is 2.92. The second kappa shape index (κ2) is 12.2. The summed E-state index contributed by atoms with van der Waals surface area (Å²) in [5, 5.41) is 12.4. The standard InChI is InChI=1S/C31H25FN2O3/c1-22-6-8-23(9-7-22)20-36-29-16-14-28(15-17-29)34-31(35)26(19-33)18-25-4-2-3-5-30(25)37-21-24-10-12-27(32)13-11-24/h2-18H,20-21H2,1H3,(H,34,35)/b26-18+. The third-order valence-electron chi connectivity index (χ3n) is 5.53. The smallest absolute Gasteiger partial charge is 0.266 e. The van der Waals surface area contributed by atoms with E-state index >= 15 is 0 Å². The maximum atomic E-state index is 13.1. The summed E-state index contributed by atoms with van der Waals surface area (Å²) in [6.07, 6.45) is 1.48. The minimum Gasteiger partial charge on any atom is -0.489 e. The molecule has 0 aromatic heterocycles. The summed E-state index contributed by atoms with van der Waals surface area (Å²) in [5.41, 5.74) is 4.09. The molecule has 0 aliphatic heterocycles. The Bertz CT molecular complexity index is 1420. The summed E-state index contributed by atoms with van der Waals surface area (Å²) in [6.45, 7) is 2.70. The van der Waals surface area contributed by atoms with Gasteiger partial charge in [0.25, 0.3) is 5.91 Å². The molecule has 0 saturated carbocycles. The van der Waals surface area contributed by atoms with Crippen molar-refractivity contribution in [2.45, 2.75) is 20.1 Å². The minimum atomic E-state index is -0.538. The molecule has 0 unspecified atom stereocenters. The van der Waals surface area contributed by atoms with Crippen LogP contribution in [0.3, 0.4) is 0 Å². The van der Waals surface area contributed by atoms with Gasteiger partial charge in [0, 0.05) is 11.3 Å². The molecule has 6 heteroatoms. The number of nitrogens with zero attached hydrogens (tertiary/aromatic N) is 1. The highest BCUT2D eigenvalue weighted by molar-refractivity contribution is 6.09. The van der Waals surface area contributed by atoms with Crippen LogP contribution in [0.2, 0.25) is 0 Å². The summed E-state index contributed by atoms with van der Waals surface area (Å²) >= 11 is 0. The van der Waals surface area contributed by atoms with Crippen LogP contribution >= 0.6 is 0 Å². The van der Waals surface area contributed by atoms with Crippen molar-refractivity contribution >= 4 is 17.7 Å². The quantitative estimate of drug-likeness (QED) is 0.205. The molecule has 4 aromatic rings. The Morgan fingerprint density at radius 1 is 0.865 bits per heavy atom. The van der Waals surface area contributed by atoms with Gasteiger partial charge in [-0.25, -0.2) is 4.39 Å². The zero-order valence-electron chi connectivity index (χ0n) is 20.3. The number of rotatable bonds is 9. The van der Waals surface area contributed by atoms with E-state index in [0.29, 0.717) is 29.4 Å². The fourth-order valence-electron chi connectivity index (χ4n) is 3.46. The van der Waals surface area contributed by atoms with Crippen LogP contribution in [-0.2, 0) is 18.0 Å². The maximum absolute atomic E-state index is 13.1. The average molecular weight is 493 g/mol. The van der Waals surface area contributed by atoms with Crippen LogP contribution in [0.1, 0.15) is 22.3 Å². The Morgan fingerprint density at radius 3 is 2.16 bits per heavy atom. The number of benzene rings is 4. The fraction of sp³-hybridized carbons (Fsp3) is 0.0968. The van der Waals surface area contributed by atoms with Crippen LogP contribution in [0.25, 0.3) is 6.08 Å². The Kier molecular flexibility index (Phi) is 8.30. The third kappa shape index (κ3) is 7.30. The van der Waals surface area contributed by atoms with Crippen LogP contribution in [0.4, 0.5) is 10.1 Å². The van der Waals surface area contributed by atoms with Gasteiger partial charge in [-0.15, -0.1) is 0 Å². The number of carbonyl (C=O) groups excluding carboxylic acids is 1. The first-order chi connectivity index (χ1) is 18.0. The van der Waals surface area contributed by atoms with E-state index in [2.05, 4.69) is 5.32 Å². The molecule has 0 aliphatic carbocycles. The van der Waals surface area contributed by atoms with E-state index in [1.54, 1.807) is 60.7 Å². The molecule has 0 bridgehead atoms. The van der Waals surface area contributed by atoms with Crippen molar-refractivity contribution in [3.63, 3.8) is 0 Å². The SMILES string of the molecule is Cc1ccc(COc2ccc(NC(=O)/C(C#N)=C/c3ccccc3OCc3ccc(F)cc3)cc2)cc1. The number of amides is 1. The maximum Gasteiger partial charge on any atom is 0.266 e. The lowest BCUT2D eigenvalue weighted by Crippen LogP contribution is -2.13. The van der Waals surface area contributed by atoms with Gasteiger partial charge in [0.2, 0.25) is 0 Å².